The van der Waals surface area contributed by atoms with Gasteiger partial charge in [-0.1, -0.05) is 151 Å². The Kier molecular flexibility index (Phi) is 15.4. The summed E-state index contributed by atoms with van der Waals surface area (Å²) in [5.74, 6) is 0.101. The van der Waals surface area contributed by atoms with E-state index in [-0.39, 0.29) is 5.78 Å². The lowest BCUT2D eigenvalue weighted by Gasteiger charge is -2.30. The van der Waals surface area contributed by atoms with Crippen molar-refractivity contribution in [3.8, 4) is 0 Å². The Balaban J connectivity index is 1.48. The highest BCUT2D eigenvalue weighted by Gasteiger charge is 2.16. The highest BCUT2D eigenvalue weighted by Crippen LogP contribution is 2.17. The molecule has 2 aromatic rings. The first kappa shape index (κ1) is 30.3. The Bertz CT molecular complexity index is 809. The number of ketones is 1. The zero-order valence-electron chi connectivity index (χ0n) is 23.8. The number of hydrogen-bond donors (Lipinski definition) is 0. The third-order valence-corrected chi connectivity index (χ3v) is 7.48. The normalized spacial score (nSPS) is 11.6. The van der Waals surface area contributed by atoms with Crippen LogP contribution in [0.1, 0.15) is 131 Å². The lowest BCUT2D eigenvalue weighted by Crippen LogP contribution is -2.39. The predicted molar refractivity (Wildman–Crippen MR) is 157 cm³/mol. The van der Waals surface area contributed by atoms with Crippen molar-refractivity contribution in [1.82, 2.24) is 0 Å². The van der Waals surface area contributed by atoms with Gasteiger partial charge in [-0.15, -0.1) is 0 Å². The van der Waals surface area contributed by atoms with Crippen molar-refractivity contribution in [3.05, 3.63) is 71.3 Å². The number of nitrogens with zero attached hydrogens (tertiary/aromatic N) is 1. The van der Waals surface area contributed by atoms with Gasteiger partial charge in [-0.3, -0.25) is 4.79 Å². The van der Waals surface area contributed by atoms with Gasteiger partial charge in [-0.2, -0.15) is 0 Å². The molecule has 2 heteroatoms. The molecule has 0 atom stereocenters. The first-order valence-electron chi connectivity index (χ1n) is 15.0. The molecule has 0 saturated heterocycles. The minimum atomic E-state index is 0.101. The zero-order valence-corrected chi connectivity index (χ0v) is 23.8. The Hall–Kier alpha value is -1.93. The second-order valence-electron chi connectivity index (χ2n) is 11.5. The van der Waals surface area contributed by atoms with Crippen LogP contribution in [-0.2, 0) is 6.54 Å². The average Bonchev–Trinajstić information content (AvgIpc) is 2.88. The van der Waals surface area contributed by atoms with Gasteiger partial charge in [-0.25, -0.2) is 0 Å². The molecular formula is C34H54NO+. The minimum absolute atomic E-state index is 0.101. The van der Waals surface area contributed by atoms with E-state index in [4.69, 9.17) is 0 Å². The summed E-state index contributed by atoms with van der Waals surface area (Å²) in [6.45, 7) is 4.52. The molecule has 0 fully saturated rings. The third kappa shape index (κ3) is 13.4. The highest BCUT2D eigenvalue weighted by atomic mass is 16.1. The van der Waals surface area contributed by atoms with Crippen molar-refractivity contribution in [2.45, 2.75) is 116 Å². The van der Waals surface area contributed by atoms with E-state index in [0.29, 0.717) is 0 Å². The molecule has 0 aliphatic carbocycles. The van der Waals surface area contributed by atoms with Gasteiger partial charge in [0, 0.05) is 16.7 Å². The van der Waals surface area contributed by atoms with Crippen LogP contribution in [0.4, 0.5) is 0 Å². The average molecular weight is 493 g/mol. The number of carbonyl (C=O) groups is 1. The molecule has 0 radical (unpaired) electrons. The number of rotatable bonds is 21. The molecular weight excluding hydrogens is 438 g/mol. The van der Waals surface area contributed by atoms with Crippen molar-refractivity contribution >= 4 is 5.78 Å². The molecule has 200 valence electrons. The van der Waals surface area contributed by atoms with Crippen molar-refractivity contribution < 1.29 is 9.28 Å². The maximum Gasteiger partial charge on any atom is 0.193 e. The molecule has 0 spiro atoms. The van der Waals surface area contributed by atoms with Crippen molar-refractivity contribution in [3.63, 3.8) is 0 Å². The molecule has 0 aromatic heterocycles. The van der Waals surface area contributed by atoms with Crippen LogP contribution in [0.2, 0.25) is 0 Å². The topological polar surface area (TPSA) is 17.1 Å². The van der Waals surface area contributed by atoms with Crippen LogP contribution in [0.25, 0.3) is 0 Å². The molecule has 0 N–H and O–H groups in total. The quantitative estimate of drug-likeness (QED) is 0.0962. The predicted octanol–water partition coefficient (Wildman–Crippen LogP) is 9.76. The first-order chi connectivity index (χ1) is 17.5. The fourth-order valence-electron chi connectivity index (χ4n) is 5.18. The van der Waals surface area contributed by atoms with E-state index in [1.807, 2.05) is 42.5 Å². The number of carbonyl (C=O) groups excluding carboxylic acids is 1. The van der Waals surface area contributed by atoms with Crippen LogP contribution < -0.4 is 0 Å². The summed E-state index contributed by atoms with van der Waals surface area (Å²) in [5.41, 5.74) is 2.83. The molecule has 0 aliphatic heterocycles. The SMILES string of the molecule is CCCCCCCCCCCCCCCCCC[N+](C)(C)Cc1ccc(C(=O)c2ccccc2)cc1. The van der Waals surface area contributed by atoms with E-state index in [1.54, 1.807) is 0 Å². The maximum absolute atomic E-state index is 12.6. The summed E-state index contributed by atoms with van der Waals surface area (Å²) in [6.07, 6.45) is 22.7. The van der Waals surface area contributed by atoms with E-state index in [1.165, 1.54) is 115 Å². The van der Waals surface area contributed by atoms with Crippen LogP contribution in [0.5, 0.6) is 0 Å². The number of hydrogen-bond acceptors (Lipinski definition) is 1. The van der Waals surface area contributed by atoms with Gasteiger partial charge >= 0.3 is 0 Å². The van der Waals surface area contributed by atoms with Gasteiger partial charge in [-0.05, 0) is 12.8 Å². The molecule has 0 aliphatic rings. The zero-order chi connectivity index (χ0) is 25.9. The van der Waals surface area contributed by atoms with E-state index in [9.17, 15) is 4.79 Å². The molecule has 2 aromatic carbocycles. The molecule has 2 rings (SSSR count). The van der Waals surface area contributed by atoms with Crippen LogP contribution in [0.3, 0.4) is 0 Å². The third-order valence-electron chi connectivity index (χ3n) is 7.48. The van der Waals surface area contributed by atoms with Crippen LogP contribution in [-0.4, -0.2) is 30.9 Å². The number of benzene rings is 2. The highest BCUT2D eigenvalue weighted by molar-refractivity contribution is 6.08. The second-order valence-corrected chi connectivity index (χ2v) is 11.5. The Morgan fingerprint density at radius 3 is 1.44 bits per heavy atom. The van der Waals surface area contributed by atoms with Gasteiger partial charge in [0.05, 0.1) is 20.6 Å². The summed E-state index contributed by atoms with van der Waals surface area (Å²) >= 11 is 0. The van der Waals surface area contributed by atoms with Gasteiger partial charge in [0.1, 0.15) is 6.54 Å². The van der Waals surface area contributed by atoms with E-state index in [2.05, 4.69) is 33.2 Å². The van der Waals surface area contributed by atoms with Crippen molar-refractivity contribution in [2.75, 3.05) is 20.6 Å². The summed E-state index contributed by atoms with van der Waals surface area (Å²) in [6, 6.07) is 17.8. The molecule has 0 unspecified atom stereocenters. The monoisotopic (exact) mass is 492 g/mol. The summed E-state index contributed by atoms with van der Waals surface area (Å²) in [7, 11) is 4.66. The Labute approximate surface area is 223 Å². The van der Waals surface area contributed by atoms with Crippen LogP contribution in [0.15, 0.2) is 54.6 Å². The molecule has 0 bridgehead atoms. The van der Waals surface area contributed by atoms with E-state index >= 15 is 0 Å². The van der Waals surface area contributed by atoms with E-state index in [0.717, 1.165) is 22.2 Å². The van der Waals surface area contributed by atoms with Gasteiger partial charge in [0.15, 0.2) is 5.78 Å². The Morgan fingerprint density at radius 2 is 0.972 bits per heavy atom. The Morgan fingerprint density at radius 1 is 0.556 bits per heavy atom. The van der Waals surface area contributed by atoms with Crippen molar-refractivity contribution in [2.24, 2.45) is 0 Å². The van der Waals surface area contributed by atoms with Crippen LogP contribution >= 0.6 is 0 Å². The molecule has 0 saturated carbocycles. The van der Waals surface area contributed by atoms with Gasteiger partial charge < -0.3 is 4.48 Å². The largest absolute Gasteiger partial charge is 0.325 e. The van der Waals surface area contributed by atoms with Gasteiger partial charge in [0.2, 0.25) is 0 Å². The smallest absolute Gasteiger partial charge is 0.193 e. The maximum atomic E-state index is 12.6. The number of unbranched alkanes of at least 4 members (excludes halogenated alkanes) is 15. The minimum Gasteiger partial charge on any atom is -0.325 e. The number of quaternary nitrogens is 1. The molecule has 0 amide bonds. The first-order valence-corrected chi connectivity index (χ1v) is 15.0. The van der Waals surface area contributed by atoms with Crippen LogP contribution in [0, 0.1) is 0 Å². The lowest BCUT2D eigenvalue weighted by molar-refractivity contribution is -0.903. The van der Waals surface area contributed by atoms with Crippen molar-refractivity contribution in [1.29, 1.82) is 0 Å². The molecule has 0 heterocycles. The molecule has 2 nitrogen and oxygen atoms in total. The lowest BCUT2D eigenvalue weighted by atomic mass is 10.0. The van der Waals surface area contributed by atoms with E-state index < -0.39 is 0 Å². The summed E-state index contributed by atoms with van der Waals surface area (Å²) in [4.78, 5) is 12.6. The summed E-state index contributed by atoms with van der Waals surface area (Å²) in [5, 5.41) is 0. The fourth-order valence-corrected chi connectivity index (χ4v) is 5.18. The second kappa shape index (κ2) is 18.3. The fraction of sp³-hybridized carbons (Fsp3) is 0.618. The van der Waals surface area contributed by atoms with Gasteiger partial charge in [0.25, 0.3) is 0 Å². The summed E-state index contributed by atoms with van der Waals surface area (Å²) < 4.78 is 1.00. The standard InChI is InChI=1S/C34H54NO/c1-4-5-6-7-8-9-10-11-12-13-14-15-16-17-18-22-29-35(2,3)30-31-25-27-33(28-26-31)34(36)32-23-20-19-21-24-32/h19-21,23-28H,4-18,22,29-30H2,1-3H3/q+1. The molecule has 36 heavy (non-hydrogen) atoms.